The van der Waals surface area contributed by atoms with E-state index in [0.29, 0.717) is 49.0 Å². The number of nitrogens with zero attached hydrogens (tertiary/aromatic N) is 4. The second kappa shape index (κ2) is 28.4. The number of para-hydroxylation sites is 1. The molecule has 4 aromatic rings. The summed E-state index contributed by atoms with van der Waals surface area (Å²) in [6, 6.07) is 6.67. The molecule has 0 saturated carbocycles. The number of hydrogen-bond donors (Lipinski definition) is 10. The fourth-order valence-electron chi connectivity index (χ4n) is 10.8. The molecule has 3 saturated heterocycles. The first-order valence-electron chi connectivity index (χ1n) is 27.5. The number of nitrogens with one attached hydrogen (secondary N) is 8. The summed E-state index contributed by atoms with van der Waals surface area (Å²) >= 11 is 0. The van der Waals surface area contributed by atoms with Crippen molar-refractivity contribution in [2.75, 3.05) is 19.6 Å². The predicted octanol–water partition coefficient (Wildman–Crippen LogP) is 0.396. The molecule has 3 aliphatic rings. The Hall–Kier alpha value is -8.44. The number of amides is 8. The Morgan fingerprint density at radius 3 is 1.96 bits per heavy atom. The highest BCUT2D eigenvalue weighted by Crippen LogP contribution is 2.27. The number of aromatic nitrogens is 3. The van der Waals surface area contributed by atoms with Crippen molar-refractivity contribution in [2.24, 2.45) is 16.5 Å². The van der Waals surface area contributed by atoms with Crippen LogP contribution < -0.4 is 43.4 Å². The number of aromatic amines is 2. The minimum atomic E-state index is -1.38. The average molecular weight is 1100 g/mol. The number of nitrogens with two attached hydrogens (primary N) is 2. The van der Waals surface area contributed by atoms with Gasteiger partial charge in [0.05, 0.1) is 12.4 Å². The SMILES string of the molecule is CC(=O)N[C@H]1CCC(=O)CCCC[C@@H](C(=O)N2CCC[C@H]2C(=O)N2CCC[C@H]2C(C)=O)NC(=O)[C@H](Cc2c[nH]c3ccccc23)NC(=O)[C@H](CCCN=C(N)N)NC(=O)[C@@H](Cc2ccccc2)NC(=O)[C@H](Cc2cnc[nH]2)NC1=O. The van der Waals surface area contributed by atoms with E-state index >= 15 is 4.79 Å². The maximum atomic E-state index is 15.1. The number of aliphatic imine (C=N–C) groups is 1. The number of hydrogen-bond acceptors (Lipinski definition) is 12. The third-order valence-corrected chi connectivity index (χ3v) is 14.9. The van der Waals surface area contributed by atoms with E-state index in [1.165, 1.54) is 31.3 Å². The number of carbonyl (C=O) groups excluding carboxylic acids is 10. The minimum absolute atomic E-state index is 0.00793. The number of ketones is 2. The molecule has 12 N–H and O–H groups in total. The quantitative estimate of drug-likeness (QED) is 0.0465. The first-order valence-corrected chi connectivity index (χ1v) is 27.5. The fraction of sp³-hybridized carbons (Fsp3) is 0.500. The van der Waals surface area contributed by atoms with Crippen molar-refractivity contribution < 1.29 is 47.9 Å². The summed E-state index contributed by atoms with van der Waals surface area (Å²) in [5.74, 6) is -5.98. The Bertz CT molecular complexity index is 2890. The molecule has 5 heterocycles. The Morgan fingerprint density at radius 2 is 1.27 bits per heavy atom. The van der Waals surface area contributed by atoms with Gasteiger partial charge in [-0.05, 0) is 81.9 Å². The lowest BCUT2D eigenvalue weighted by Crippen LogP contribution is -2.61. The maximum Gasteiger partial charge on any atom is 0.245 e. The van der Waals surface area contributed by atoms with Gasteiger partial charge in [-0.2, -0.15) is 0 Å². The standard InChI is InChI=1S/C56H74N14O10/c1-33(71)47-20-11-25-69(47)55(80)48-21-12-26-70(48)54(79)43-18-8-6-15-38(73)22-23-42(63-34(2)72)50(75)68-46(29-37-31-59-32-62-37)53(78)66-44(27-35-13-4-3-5-14-35)51(76)64-41(19-10-24-60-56(57)58)49(74)67-45(52(77)65-43)28-36-30-61-40-17-9-7-16-39(36)40/h3-5,7,9,13-14,16-17,30-32,41-48,61H,6,8,10-12,15,18-29H2,1-2H3,(H,59,62)(H,63,72)(H,64,76)(H,65,77)(H,66,78)(H,67,74)(H,68,75)(H4,57,58,60)/t41-,42-,43-,44+,45-,46-,47-,48-/m0/s1. The second-order valence-corrected chi connectivity index (χ2v) is 20.9. The van der Waals surface area contributed by atoms with Crippen molar-refractivity contribution in [3.8, 4) is 0 Å². The summed E-state index contributed by atoms with van der Waals surface area (Å²) in [5, 5.41) is 17.5. The molecule has 24 nitrogen and oxygen atoms in total. The molecule has 3 aliphatic heterocycles. The van der Waals surface area contributed by atoms with Gasteiger partial charge in [-0.25, -0.2) is 4.98 Å². The van der Waals surface area contributed by atoms with Crippen LogP contribution in [0.15, 0.2) is 78.3 Å². The number of rotatable bonds is 14. The van der Waals surface area contributed by atoms with E-state index in [4.69, 9.17) is 11.5 Å². The first-order chi connectivity index (χ1) is 38.4. The van der Waals surface area contributed by atoms with Gasteiger partial charge in [-0.15, -0.1) is 0 Å². The number of imidazole rings is 1. The van der Waals surface area contributed by atoms with Crippen LogP contribution >= 0.6 is 0 Å². The van der Waals surface area contributed by atoms with E-state index in [9.17, 15) is 43.2 Å². The van der Waals surface area contributed by atoms with Gasteiger partial charge in [0, 0.05) is 87.7 Å². The molecule has 24 heteroatoms. The van der Waals surface area contributed by atoms with Crippen LogP contribution in [0.3, 0.4) is 0 Å². The molecule has 8 atom stereocenters. The molecule has 7 rings (SSSR count). The minimum Gasteiger partial charge on any atom is -0.370 e. The van der Waals surface area contributed by atoms with Crippen LogP contribution in [0, 0.1) is 0 Å². The van der Waals surface area contributed by atoms with E-state index in [1.54, 1.807) is 41.4 Å². The molecule has 2 aromatic carbocycles. The lowest BCUT2D eigenvalue weighted by Gasteiger charge is -2.33. The third-order valence-electron chi connectivity index (χ3n) is 14.9. The third kappa shape index (κ3) is 16.3. The molecule has 0 bridgehead atoms. The van der Waals surface area contributed by atoms with Gasteiger partial charge in [0.25, 0.3) is 0 Å². The van der Waals surface area contributed by atoms with Crippen LogP contribution in [-0.4, -0.2) is 158 Å². The molecule has 0 radical (unpaired) electrons. The van der Waals surface area contributed by atoms with Crippen molar-refractivity contribution >= 4 is 75.7 Å². The summed E-state index contributed by atoms with van der Waals surface area (Å²) in [7, 11) is 0. The first kappa shape index (κ1) is 59.2. The van der Waals surface area contributed by atoms with E-state index in [0.717, 1.165) is 10.9 Å². The monoisotopic (exact) mass is 1100 g/mol. The Kier molecular flexibility index (Phi) is 21.1. The van der Waals surface area contributed by atoms with Gasteiger partial charge in [0.2, 0.25) is 47.3 Å². The molecule has 8 amide bonds. The van der Waals surface area contributed by atoms with Crippen molar-refractivity contribution in [3.63, 3.8) is 0 Å². The normalized spacial score (nSPS) is 24.2. The number of fused-ring (bicyclic) bond motifs is 1. The van der Waals surface area contributed by atoms with Crippen LogP contribution in [0.4, 0.5) is 0 Å². The van der Waals surface area contributed by atoms with E-state index in [2.05, 4.69) is 51.8 Å². The van der Waals surface area contributed by atoms with Crippen LogP contribution in [0.1, 0.15) is 108 Å². The van der Waals surface area contributed by atoms with Crippen LogP contribution in [0.25, 0.3) is 10.9 Å². The van der Waals surface area contributed by atoms with Gasteiger partial charge in [0.1, 0.15) is 48.1 Å². The van der Waals surface area contributed by atoms with Crippen LogP contribution in [-0.2, 0) is 67.2 Å². The van der Waals surface area contributed by atoms with Crippen molar-refractivity contribution in [2.45, 2.75) is 158 Å². The molecule has 80 heavy (non-hydrogen) atoms. The Morgan fingerprint density at radius 1 is 0.650 bits per heavy atom. The Balaban J connectivity index is 1.26. The van der Waals surface area contributed by atoms with Gasteiger partial charge >= 0.3 is 0 Å². The highest BCUT2D eigenvalue weighted by atomic mass is 16.2. The number of carbonyl (C=O) groups is 10. The number of likely N-dealkylation sites (tertiary alicyclic amines) is 2. The molecule has 3 fully saturated rings. The molecule has 0 unspecified atom stereocenters. The van der Waals surface area contributed by atoms with Gasteiger partial charge in [-0.1, -0.05) is 55.0 Å². The van der Waals surface area contributed by atoms with Crippen LogP contribution in [0.2, 0.25) is 0 Å². The maximum absolute atomic E-state index is 15.1. The molecular weight excluding hydrogens is 1030 g/mol. The van der Waals surface area contributed by atoms with E-state index in [1.807, 2.05) is 24.3 Å². The molecule has 2 aromatic heterocycles. The second-order valence-electron chi connectivity index (χ2n) is 20.9. The van der Waals surface area contributed by atoms with Crippen molar-refractivity contribution in [3.05, 3.63) is 90.1 Å². The summed E-state index contributed by atoms with van der Waals surface area (Å²) in [6.07, 6.45) is 6.59. The van der Waals surface area contributed by atoms with Gasteiger partial charge in [-0.3, -0.25) is 52.9 Å². The summed E-state index contributed by atoms with van der Waals surface area (Å²) in [4.78, 5) is 159. The molecule has 428 valence electrons. The topological polar surface area (TPSA) is 358 Å². The number of benzene rings is 2. The number of H-pyrrole nitrogens is 2. The van der Waals surface area contributed by atoms with Gasteiger partial charge < -0.3 is 63.1 Å². The summed E-state index contributed by atoms with van der Waals surface area (Å²) in [6.45, 7) is 3.28. The number of Topliss-reactive ketones (excluding diaryl/α,β-unsaturated/α-hetero) is 2. The van der Waals surface area contributed by atoms with Crippen molar-refractivity contribution in [1.82, 2.24) is 56.7 Å². The largest absolute Gasteiger partial charge is 0.370 e. The zero-order chi connectivity index (χ0) is 57.3. The fourth-order valence-corrected chi connectivity index (χ4v) is 10.8. The summed E-state index contributed by atoms with van der Waals surface area (Å²) in [5.41, 5.74) is 13.8. The smallest absolute Gasteiger partial charge is 0.245 e. The highest BCUT2D eigenvalue weighted by molar-refractivity contribution is 5.99. The van der Waals surface area contributed by atoms with E-state index < -0.39 is 89.7 Å². The van der Waals surface area contributed by atoms with Gasteiger partial charge in [0.15, 0.2) is 11.7 Å². The van der Waals surface area contributed by atoms with Crippen molar-refractivity contribution in [1.29, 1.82) is 0 Å². The average Bonchev–Trinajstić information content (AvgIpc) is 4.33. The molecular formula is C56H74N14O10. The lowest BCUT2D eigenvalue weighted by molar-refractivity contribution is -0.147. The molecule has 0 spiro atoms. The van der Waals surface area contributed by atoms with E-state index in [-0.39, 0.29) is 107 Å². The van der Waals surface area contributed by atoms with Crippen LogP contribution in [0.5, 0.6) is 0 Å². The molecule has 0 aliphatic carbocycles. The highest BCUT2D eigenvalue weighted by Gasteiger charge is 2.43. The number of guanidine groups is 1. The summed E-state index contributed by atoms with van der Waals surface area (Å²) < 4.78 is 0. The zero-order valence-corrected chi connectivity index (χ0v) is 45.3. The Labute approximate surface area is 463 Å². The lowest BCUT2D eigenvalue weighted by atomic mass is 10.00. The zero-order valence-electron chi connectivity index (χ0n) is 45.3. The predicted molar refractivity (Wildman–Crippen MR) is 294 cm³/mol.